The summed E-state index contributed by atoms with van der Waals surface area (Å²) in [6.45, 7) is 1.53. The molecule has 70 valence electrons. The summed E-state index contributed by atoms with van der Waals surface area (Å²) in [5.41, 5.74) is 7.15. The SMILES string of the molecule is CC(=O)Cc1cc(N)c(I)cc1Cl. The van der Waals surface area contributed by atoms with E-state index in [0.717, 1.165) is 9.13 Å². The van der Waals surface area contributed by atoms with Gasteiger partial charge in [0.1, 0.15) is 5.78 Å². The number of carbonyl (C=O) groups excluding carboxylic acids is 1. The van der Waals surface area contributed by atoms with Crippen molar-refractivity contribution < 1.29 is 4.79 Å². The van der Waals surface area contributed by atoms with Gasteiger partial charge in [0.25, 0.3) is 0 Å². The lowest BCUT2D eigenvalue weighted by Crippen LogP contribution is -1.99. The maximum atomic E-state index is 10.9. The van der Waals surface area contributed by atoms with Crippen molar-refractivity contribution in [2.45, 2.75) is 13.3 Å². The van der Waals surface area contributed by atoms with Crippen molar-refractivity contribution in [2.75, 3.05) is 5.73 Å². The lowest BCUT2D eigenvalue weighted by atomic mass is 10.1. The number of rotatable bonds is 2. The van der Waals surface area contributed by atoms with Gasteiger partial charge in [-0.05, 0) is 47.2 Å². The molecular formula is C9H9ClINO. The first kappa shape index (κ1) is 10.8. The quantitative estimate of drug-likeness (QED) is 0.674. The van der Waals surface area contributed by atoms with Crippen LogP contribution in [0.1, 0.15) is 12.5 Å². The molecule has 13 heavy (non-hydrogen) atoms. The Morgan fingerprint density at radius 1 is 1.62 bits per heavy atom. The van der Waals surface area contributed by atoms with E-state index < -0.39 is 0 Å². The second kappa shape index (κ2) is 4.28. The summed E-state index contributed by atoms with van der Waals surface area (Å²) in [6, 6.07) is 3.53. The maximum Gasteiger partial charge on any atom is 0.134 e. The second-order valence-corrected chi connectivity index (χ2v) is 4.41. The van der Waals surface area contributed by atoms with E-state index in [1.54, 1.807) is 12.1 Å². The first-order valence-corrected chi connectivity index (χ1v) is 5.19. The fourth-order valence-electron chi connectivity index (χ4n) is 1.02. The fourth-order valence-corrected chi connectivity index (χ4v) is 1.90. The molecule has 0 aliphatic carbocycles. The van der Waals surface area contributed by atoms with Crippen LogP contribution in [0.5, 0.6) is 0 Å². The second-order valence-electron chi connectivity index (χ2n) is 2.84. The Morgan fingerprint density at radius 3 is 2.77 bits per heavy atom. The van der Waals surface area contributed by atoms with E-state index in [-0.39, 0.29) is 5.78 Å². The molecule has 0 aliphatic rings. The van der Waals surface area contributed by atoms with Crippen molar-refractivity contribution in [3.63, 3.8) is 0 Å². The maximum absolute atomic E-state index is 10.9. The number of hydrogen-bond donors (Lipinski definition) is 1. The van der Waals surface area contributed by atoms with Gasteiger partial charge in [-0.3, -0.25) is 4.79 Å². The predicted molar refractivity (Wildman–Crippen MR) is 63.0 cm³/mol. The molecule has 1 rings (SSSR count). The van der Waals surface area contributed by atoms with Crippen molar-refractivity contribution in [1.29, 1.82) is 0 Å². The standard InChI is InChI=1S/C9H9ClINO/c1-5(13)2-6-3-9(12)8(11)4-7(6)10/h3-4H,2,12H2,1H3. The van der Waals surface area contributed by atoms with E-state index in [0.29, 0.717) is 17.1 Å². The van der Waals surface area contributed by atoms with Gasteiger partial charge in [0, 0.05) is 20.7 Å². The van der Waals surface area contributed by atoms with Crippen LogP contribution in [0.3, 0.4) is 0 Å². The zero-order chi connectivity index (χ0) is 10.0. The summed E-state index contributed by atoms with van der Waals surface area (Å²) in [5, 5.41) is 0.605. The molecule has 0 spiro atoms. The largest absolute Gasteiger partial charge is 0.398 e. The van der Waals surface area contributed by atoms with Crippen molar-refractivity contribution in [3.8, 4) is 0 Å². The monoisotopic (exact) mass is 309 g/mol. The third-order valence-electron chi connectivity index (χ3n) is 1.61. The summed E-state index contributed by atoms with van der Waals surface area (Å²) in [7, 11) is 0. The molecule has 0 saturated carbocycles. The summed E-state index contributed by atoms with van der Waals surface area (Å²) >= 11 is 8.04. The molecule has 0 fully saturated rings. The van der Waals surface area contributed by atoms with Crippen molar-refractivity contribution in [2.24, 2.45) is 0 Å². The lowest BCUT2D eigenvalue weighted by Gasteiger charge is -2.05. The minimum atomic E-state index is 0.0857. The van der Waals surface area contributed by atoms with Gasteiger partial charge in [-0.2, -0.15) is 0 Å². The van der Waals surface area contributed by atoms with Crippen LogP contribution in [0.2, 0.25) is 5.02 Å². The number of nitrogens with two attached hydrogens (primary N) is 1. The molecule has 4 heteroatoms. The Bertz CT molecular complexity index is 352. The minimum Gasteiger partial charge on any atom is -0.398 e. The third kappa shape index (κ3) is 2.84. The van der Waals surface area contributed by atoms with Gasteiger partial charge in [0.15, 0.2) is 0 Å². The van der Waals surface area contributed by atoms with Gasteiger partial charge in [-0.15, -0.1) is 0 Å². The van der Waals surface area contributed by atoms with Gasteiger partial charge in [-0.25, -0.2) is 0 Å². The molecular weight excluding hydrogens is 300 g/mol. The zero-order valence-corrected chi connectivity index (χ0v) is 10.0. The molecule has 0 radical (unpaired) electrons. The van der Waals surface area contributed by atoms with E-state index in [1.807, 2.05) is 0 Å². The molecule has 0 bridgehead atoms. The highest BCUT2D eigenvalue weighted by atomic mass is 127. The first-order valence-electron chi connectivity index (χ1n) is 3.73. The number of benzene rings is 1. The van der Waals surface area contributed by atoms with E-state index in [1.165, 1.54) is 6.92 Å². The number of carbonyl (C=O) groups is 1. The molecule has 1 aromatic carbocycles. The molecule has 2 nitrogen and oxygen atoms in total. The van der Waals surface area contributed by atoms with Crippen LogP contribution < -0.4 is 5.73 Å². The molecule has 0 atom stereocenters. The summed E-state index contributed by atoms with van der Waals surface area (Å²) < 4.78 is 0.912. The number of anilines is 1. The molecule has 1 aromatic rings. The number of ketones is 1. The highest BCUT2D eigenvalue weighted by molar-refractivity contribution is 14.1. The Labute approximate surface area is 95.6 Å². The van der Waals surface area contributed by atoms with Gasteiger partial charge in [-0.1, -0.05) is 11.6 Å². The van der Waals surface area contributed by atoms with Gasteiger partial charge >= 0.3 is 0 Å². The van der Waals surface area contributed by atoms with Crippen LogP contribution in [-0.4, -0.2) is 5.78 Å². The van der Waals surface area contributed by atoms with Crippen LogP contribution >= 0.6 is 34.2 Å². The zero-order valence-electron chi connectivity index (χ0n) is 7.10. The number of nitrogen functional groups attached to an aromatic ring is 1. The van der Waals surface area contributed by atoms with Gasteiger partial charge in [0.05, 0.1) is 0 Å². The fraction of sp³-hybridized carbons (Fsp3) is 0.222. The highest BCUT2D eigenvalue weighted by Gasteiger charge is 2.06. The van der Waals surface area contributed by atoms with E-state index in [9.17, 15) is 4.79 Å². The van der Waals surface area contributed by atoms with Gasteiger partial charge in [0.2, 0.25) is 0 Å². The molecule has 0 aromatic heterocycles. The van der Waals surface area contributed by atoms with Crippen molar-refractivity contribution in [3.05, 3.63) is 26.3 Å². The molecule has 0 unspecified atom stereocenters. The van der Waals surface area contributed by atoms with E-state index in [4.69, 9.17) is 17.3 Å². The topological polar surface area (TPSA) is 43.1 Å². The third-order valence-corrected chi connectivity index (χ3v) is 2.89. The van der Waals surface area contributed by atoms with Gasteiger partial charge < -0.3 is 5.73 Å². The number of hydrogen-bond acceptors (Lipinski definition) is 2. The first-order chi connectivity index (χ1) is 6.00. The summed E-state index contributed by atoms with van der Waals surface area (Å²) in [4.78, 5) is 10.9. The Balaban J connectivity index is 3.08. The summed E-state index contributed by atoms with van der Waals surface area (Å²) in [5.74, 6) is 0.0857. The molecule has 2 N–H and O–H groups in total. The van der Waals surface area contributed by atoms with Crippen LogP contribution in [0.4, 0.5) is 5.69 Å². The molecule has 0 heterocycles. The molecule has 0 aliphatic heterocycles. The van der Waals surface area contributed by atoms with Crippen molar-refractivity contribution >= 4 is 45.7 Å². The Morgan fingerprint density at radius 2 is 2.23 bits per heavy atom. The molecule has 0 amide bonds. The Kier molecular flexibility index (Phi) is 3.55. The van der Waals surface area contributed by atoms with Crippen LogP contribution in [0.15, 0.2) is 12.1 Å². The average molecular weight is 310 g/mol. The van der Waals surface area contributed by atoms with Crippen molar-refractivity contribution in [1.82, 2.24) is 0 Å². The Hall–Kier alpha value is -0.290. The summed E-state index contributed by atoms with van der Waals surface area (Å²) in [6.07, 6.45) is 0.347. The lowest BCUT2D eigenvalue weighted by molar-refractivity contribution is -0.116. The number of halogens is 2. The van der Waals surface area contributed by atoms with Crippen LogP contribution in [0.25, 0.3) is 0 Å². The van der Waals surface area contributed by atoms with E-state index >= 15 is 0 Å². The van der Waals surface area contributed by atoms with Crippen LogP contribution in [-0.2, 0) is 11.2 Å². The van der Waals surface area contributed by atoms with E-state index in [2.05, 4.69) is 22.6 Å². The number of Topliss-reactive ketones (excluding diaryl/α,β-unsaturated/α-hetero) is 1. The predicted octanol–water partition coefficient (Wildman–Crippen LogP) is 2.66. The smallest absolute Gasteiger partial charge is 0.134 e. The average Bonchev–Trinajstić information content (AvgIpc) is 1.99. The highest BCUT2D eigenvalue weighted by Crippen LogP contribution is 2.24. The minimum absolute atomic E-state index is 0.0857. The normalized spacial score (nSPS) is 10.1. The van der Waals surface area contributed by atoms with Crippen LogP contribution in [0, 0.1) is 3.57 Å². The molecule has 0 saturated heterocycles.